The van der Waals surface area contributed by atoms with Crippen LogP contribution in [-0.4, -0.2) is 41.7 Å². The molecule has 0 spiro atoms. The fourth-order valence-corrected chi connectivity index (χ4v) is 4.84. The van der Waals surface area contributed by atoms with Gasteiger partial charge < -0.3 is 14.8 Å². The molecule has 0 radical (unpaired) electrons. The number of ether oxygens (including phenoxy) is 2. The monoisotopic (exact) mass is 580 g/mol. The van der Waals surface area contributed by atoms with Crippen molar-refractivity contribution < 1.29 is 23.9 Å². The quantitative estimate of drug-likeness (QED) is 0.330. The van der Waals surface area contributed by atoms with E-state index in [4.69, 9.17) is 9.47 Å². The molecule has 2 aromatic carbocycles. The van der Waals surface area contributed by atoms with Crippen molar-refractivity contribution in [2.75, 3.05) is 19.0 Å². The molecule has 1 aliphatic rings. The molecule has 1 aliphatic heterocycles. The summed E-state index contributed by atoms with van der Waals surface area (Å²) in [6.45, 7) is 5.58. The number of methoxy groups -OCH3 is 1. The number of thioether (sulfide) groups is 1. The van der Waals surface area contributed by atoms with Gasteiger partial charge in [-0.25, -0.2) is 0 Å². The molecule has 1 heterocycles. The minimum atomic E-state index is -0.292. The number of benzene rings is 2. The van der Waals surface area contributed by atoms with Gasteiger partial charge in [0.1, 0.15) is 0 Å². The topological polar surface area (TPSA) is 84.9 Å². The lowest BCUT2D eigenvalue weighted by Crippen LogP contribution is -2.36. The minimum absolute atomic E-state index is 0.153. The first kappa shape index (κ1) is 25.1. The summed E-state index contributed by atoms with van der Waals surface area (Å²) in [5.41, 5.74) is 2.49. The van der Waals surface area contributed by atoms with E-state index in [-0.39, 0.29) is 29.7 Å². The highest BCUT2D eigenvalue weighted by Gasteiger charge is 2.37. The highest BCUT2D eigenvalue weighted by atomic mass is 127. The Hall–Kier alpha value is -2.53. The summed E-state index contributed by atoms with van der Waals surface area (Å²) in [5.74, 6) is 0.278. The van der Waals surface area contributed by atoms with Gasteiger partial charge in [0.05, 0.1) is 15.6 Å². The first-order chi connectivity index (χ1) is 15.7. The van der Waals surface area contributed by atoms with Gasteiger partial charge in [0.25, 0.3) is 17.1 Å². The Morgan fingerprint density at radius 2 is 1.94 bits per heavy atom. The predicted molar refractivity (Wildman–Crippen MR) is 139 cm³/mol. The number of nitrogens with zero attached hydrogens (tertiary/aromatic N) is 1. The Labute approximate surface area is 211 Å². The van der Waals surface area contributed by atoms with E-state index < -0.39 is 0 Å². The maximum Gasteiger partial charge on any atom is 0.293 e. The number of hydrogen-bond acceptors (Lipinski definition) is 6. The van der Waals surface area contributed by atoms with Gasteiger partial charge in [0.2, 0.25) is 0 Å². The van der Waals surface area contributed by atoms with Crippen molar-refractivity contribution >= 4 is 63.2 Å². The predicted octanol–water partition coefficient (Wildman–Crippen LogP) is 5.46. The van der Waals surface area contributed by atoms with Crippen LogP contribution in [-0.2, 0) is 9.59 Å². The largest absolute Gasteiger partial charge is 0.493 e. The zero-order chi connectivity index (χ0) is 24.1. The molecule has 174 valence electrons. The molecule has 1 atom stereocenters. The second-order valence-corrected chi connectivity index (χ2v) is 9.70. The minimum Gasteiger partial charge on any atom is -0.493 e. The smallest absolute Gasteiger partial charge is 0.293 e. The third-order valence-electron chi connectivity index (χ3n) is 5.09. The summed E-state index contributed by atoms with van der Waals surface area (Å²) >= 11 is 3.02. The Bertz CT molecular complexity index is 1100. The van der Waals surface area contributed by atoms with Crippen molar-refractivity contribution in [2.45, 2.75) is 33.2 Å². The van der Waals surface area contributed by atoms with E-state index in [0.29, 0.717) is 37.6 Å². The highest BCUT2D eigenvalue weighted by molar-refractivity contribution is 14.1. The second kappa shape index (κ2) is 11.1. The summed E-state index contributed by atoms with van der Waals surface area (Å²) in [4.78, 5) is 38.9. The fraction of sp³-hybridized carbons (Fsp3) is 0.292. The van der Waals surface area contributed by atoms with E-state index in [9.17, 15) is 14.4 Å². The molecule has 3 amide bonds. The van der Waals surface area contributed by atoms with Gasteiger partial charge in [-0.15, -0.1) is 0 Å². The van der Waals surface area contributed by atoms with Crippen LogP contribution in [0.1, 0.15) is 31.4 Å². The molecule has 1 N–H and O–H groups in total. The average molecular weight is 580 g/mol. The lowest BCUT2D eigenvalue weighted by molar-refractivity contribution is -0.124. The molecule has 1 fully saturated rings. The van der Waals surface area contributed by atoms with Crippen LogP contribution in [0.15, 0.2) is 41.3 Å². The van der Waals surface area contributed by atoms with E-state index in [1.54, 1.807) is 12.1 Å². The lowest BCUT2D eigenvalue weighted by Gasteiger charge is -2.19. The number of anilines is 1. The van der Waals surface area contributed by atoms with Crippen LogP contribution < -0.4 is 14.8 Å². The molecule has 9 heteroatoms. The maximum absolute atomic E-state index is 12.7. The van der Waals surface area contributed by atoms with Crippen molar-refractivity contribution in [3.05, 3.63) is 56.0 Å². The summed E-state index contributed by atoms with van der Waals surface area (Å²) in [6, 6.07) is 10.9. The Morgan fingerprint density at radius 3 is 2.58 bits per heavy atom. The SMILES string of the molecule is CC[C@@H](C)N1C(=O)S/C(=C/c2cc(I)c(OCC(=O)Nc3ccc(C)cc3)c(OC)c2)C1=O. The van der Waals surface area contributed by atoms with Gasteiger partial charge in [-0.05, 0) is 90.5 Å². The molecule has 1 saturated heterocycles. The van der Waals surface area contributed by atoms with E-state index in [2.05, 4.69) is 27.9 Å². The number of aryl methyl sites for hydroxylation is 1. The van der Waals surface area contributed by atoms with Crippen LogP contribution >= 0.6 is 34.4 Å². The number of nitrogens with one attached hydrogen (secondary N) is 1. The standard InChI is InChI=1S/C24H25IN2O5S/c1-5-15(3)27-23(29)20(33-24(27)30)12-16-10-18(25)22(19(11-16)31-4)32-13-21(28)26-17-8-6-14(2)7-9-17/h6-12,15H,5,13H2,1-4H3,(H,26,28)/b20-12+/t15-/m1/s1. The second-order valence-electron chi connectivity index (χ2n) is 7.55. The van der Waals surface area contributed by atoms with Crippen molar-refractivity contribution in [1.29, 1.82) is 0 Å². The molecule has 7 nitrogen and oxygen atoms in total. The number of imide groups is 1. The van der Waals surface area contributed by atoms with E-state index in [0.717, 1.165) is 17.3 Å². The van der Waals surface area contributed by atoms with Crippen LogP contribution in [0.4, 0.5) is 10.5 Å². The number of rotatable bonds is 8. The zero-order valence-electron chi connectivity index (χ0n) is 18.8. The van der Waals surface area contributed by atoms with Gasteiger partial charge in [-0.3, -0.25) is 19.3 Å². The van der Waals surface area contributed by atoms with Gasteiger partial charge in [0, 0.05) is 11.7 Å². The summed E-state index contributed by atoms with van der Waals surface area (Å²) < 4.78 is 11.9. The number of carbonyl (C=O) groups is 3. The van der Waals surface area contributed by atoms with E-state index >= 15 is 0 Å². The molecule has 0 unspecified atom stereocenters. The van der Waals surface area contributed by atoms with Crippen molar-refractivity contribution in [3.63, 3.8) is 0 Å². The summed E-state index contributed by atoms with van der Waals surface area (Å²) in [6.07, 6.45) is 2.37. The highest BCUT2D eigenvalue weighted by Crippen LogP contribution is 2.38. The van der Waals surface area contributed by atoms with Crippen molar-refractivity contribution in [2.24, 2.45) is 0 Å². The molecule has 3 rings (SSSR count). The van der Waals surface area contributed by atoms with Gasteiger partial charge in [-0.1, -0.05) is 24.6 Å². The Kier molecular flexibility index (Phi) is 8.41. The number of hydrogen-bond donors (Lipinski definition) is 1. The molecule has 33 heavy (non-hydrogen) atoms. The normalized spacial score (nSPS) is 15.7. The van der Waals surface area contributed by atoms with E-state index in [1.165, 1.54) is 12.0 Å². The van der Waals surface area contributed by atoms with Crippen molar-refractivity contribution in [3.8, 4) is 11.5 Å². The van der Waals surface area contributed by atoms with Crippen LogP contribution in [0.2, 0.25) is 0 Å². The van der Waals surface area contributed by atoms with Crippen LogP contribution in [0.25, 0.3) is 6.08 Å². The molecular weight excluding hydrogens is 555 g/mol. The molecule has 0 bridgehead atoms. The number of carbonyl (C=O) groups excluding carboxylic acids is 3. The van der Waals surface area contributed by atoms with Gasteiger partial charge in [-0.2, -0.15) is 0 Å². The third-order valence-corrected chi connectivity index (χ3v) is 6.77. The van der Waals surface area contributed by atoms with Crippen LogP contribution in [0.3, 0.4) is 0 Å². The fourth-order valence-electron chi connectivity index (χ4n) is 3.13. The molecule has 0 saturated carbocycles. The van der Waals surface area contributed by atoms with E-state index in [1.807, 2.05) is 51.1 Å². The van der Waals surface area contributed by atoms with Crippen molar-refractivity contribution in [1.82, 2.24) is 4.90 Å². The Balaban J connectivity index is 1.74. The first-order valence-electron chi connectivity index (χ1n) is 10.4. The average Bonchev–Trinajstić information content (AvgIpc) is 3.06. The number of halogens is 1. The number of amides is 3. The Morgan fingerprint density at radius 1 is 1.24 bits per heavy atom. The molecule has 2 aromatic rings. The molecule has 0 aromatic heterocycles. The summed E-state index contributed by atoms with van der Waals surface area (Å²) in [7, 11) is 1.51. The molecular formula is C24H25IN2O5S. The van der Waals surface area contributed by atoms with Gasteiger partial charge >= 0.3 is 0 Å². The first-order valence-corrected chi connectivity index (χ1v) is 12.3. The maximum atomic E-state index is 12.7. The lowest BCUT2D eigenvalue weighted by atomic mass is 10.1. The summed E-state index contributed by atoms with van der Waals surface area (Å²) in [5, 5.41) is 2.53. The van der Waals surface area contributed by atoms with Crippen LogP contribution in [0.5, 0.6) is 11.5 Å². The van der Waals surface area contributed by atoms with Crippen LogP contribution in [0, 0.1) is 10.5 Å². The van der Waals surface area contributed by atoms with Gasteiger partial charge in [0.15, 0.2) is 18.1 Å². The molecule has 0 aliphatic carbocycles. The zero-order valence-corrected chi connectivity index (χ0v) is 21.8. The third kappa shape index (κ3) is 6.08.